The summed E-state index contributed by atoms with van der Waals surface area (Å²) in [6.07, 6.45) is 5.02. The molecular formula is C16H21ClN4O2. The van der Waals surface area contributed by atoms with Crippen LogP contribution in [0.4, 0.5) is 0 Å². The molecule has 0 bridgehead atoms. The molecule has 1 aromatic heterocycles. The van der Waals surface area contributed by atoms with Crippen molar-refractivity contribution in [1.82, 2.24) is 19.7 Å². The van der Waals surface area contributed by atoms with Gasteiger partial charge in [-0.2, -0.15) is 5.10 Å². The zero-order valence-electron chi connectivity index (χ0n) is 12.9. The average Bonchev–Trinajstić information content (AvgIpc) is 3.20. The van der Waals surface area contributed by atoms with Gasteiger partial charge in [0.25, 0.3) is 0 Å². The van der Waals surface area contributed by atoms with E-state index < -0.39 is 6.10 Å². The minimum atomic E-state index is -0.526. The van der Waals surface area contributed by atoms with Crippen molar-refractivity contribution in [1.29, 1.82) is 0 Å². The molecule has 6 nitrogen and oxygen atoms in total. The highest BCUT2D eigenvalue weighted by atomic mass is 35.5. The van der Waals surface area contributed by atoms with Crippen molar-refractivity contribution in [3.63, 3.8) is 0 Å². The first-order valence-electron chi connectivity index (χ1n) is 7.83. The number of benzene rings is 1. The molecule has 7 heteroatoms. The Hall–Kier alpha value is -1.63. The van der Waals surface area contributed by atoms with Crippen molar-refractivity contribution in [3.8, 4) is 5.75 Å². The molecule has 0 unspecified atom stereocenters. The summed E-state index contributed by atoms with van der Waals surface area (Å²) in [4.78, 5) is 6.28. The van der Waals surface area contributed by atoms with Gasteiger partial charge >= 0.3 is 0 Å². The summed E-state index contributed by atoms with van der Waals surface area (Å²) in [5.41, 5.74) is 0. The van der Waals surface area contributed by atoms with Crippen molar-refractivity contribution >= 4 is 11.6 Å². The topological polar surface area (TPSA) is 63.4 Å². The van der Waals surface area contributed by atoms with Gasteiger partial charge < -0.3 is 9.84 Å². The third kappa shape index (κ3) is 4.67. The quantitative estimate of drug-likeness (QED) is 0.835. The minimum Gasteiger partial charge on any atom is -0.491 e. The van der Waals surface area contributed by atoms with Crippen LogP contribution in [0.15, 0.2) is 36.9 Å². The zero-order valence-corrected chi connectivity index (χ0v) is 13.6. The number of aliphatic hydroxyl groups is 1. The predicted molar refractivity (Wildman–Crippen MR) is 87.6 cm³/mol. The van der Waals surface area contributed by atoms with E-state index in [9.17, 15) is 5.11 Å². The molecule has 2 aromatic rings. The molecular weight excluding hydrogens is 316 g/mol. The van der Waals surface area contributed by atoms with E-state index in [2.05, 4.69) is 15.0 Å². The minimum absolute atomic E-state index is 0.272. The molecule has 124 valence electrons. The van der Waals surface area contributed by atoms with Crippen molar-refractivity contribution in [2.24, 2.45) is 0 Å². The van der Waals surface area contributed by atoms with Gasteiger partial charge in [-0.05, 0) is 43.7 Å². The highest BCUT2D eigenvalue weighted by Gasteiger charge is 2.26. The van der Waals surface area contributed by atoms with Crippen LogP contribution in [0.5, 0.6) is 5.75 Å². The number of nitrogens with zero attached hydrogens (tertiary/aromatic N) is 4. The summed E-state index contributed by atoms with van der Waals surface area (Å²) in [7, 11) is 0. The average molecular weight is 337 g/mol. The molecule has 23 heavy (non-hydrogen) atoms. The Morgan fingerprint density at radius 2 is 2.17 bits per heavy atom. The lowest BCUT2D eigenvalue weighted by Crippen LogP contribution is -2.40. The number of ether oxygens (including phenoxy) is 1. The largest absolute Gasteiger partial charge is 0.491 e. The van der Waals surface area contributed by atoms with E-state index in [-0.39, 0.29) is 6.61 Å². The van der Waals surface area contributed by atoms with Crippen molar-refractivity contribution in [2.45, 2.75) is 31.5 Å². The number of aromatic nitrogens is 3. The van der Waals surface area contributed by atoms with Crippen molar-refractivity contribution in [3.05, 3.63) is 41.9 Å². The second-order valence-corrected chi connectivity index (χ2v) is 6.26. The summed E-state index contributed by atoms with van der Waals surface area (Å²) in [5, 5.41) is 15.1. The third-order valence-electron chi connectivity index (χ3n) is 4.06. The van der Waals surface area contributed by atoms with Crippen molar-refractivity contribution < 1.29 is 9.84 Å². The Balaban J connectivity index is 1.46. The van der Waals surface area contributed by atoms with Crippen LogP contribution < -0.4 is 4.74 Å². The maximum absolute atomic E-state index is 10.2. The molecule has 1 aromatic carbocycles. The first-order valence-corrected chi connectivity index (χ1v) is 8.21. The number of halogens is 1. The monoisotopic (exact) mass is 336 g/mol. The second kappa shape index (κ2) is 7.77. The van der Waals surface area contributed by atoms with E-state index in [1.54, 1.807) is 36.9 Å². The third-order valence-corrected chi connectivity index (χ3v) is 4.32. The molecule has 0 saturated carbocycles. The lowest BCUT2D eigenvalue weighted by Gasteiger charge is -2.26. The standard InChI is InChI=1S/C16H21ClN4O2/c17-13-3-5-16(6-4-13)23-10-15(22)9-20-7-1-2-14(20)8-21-12-18-11-19-21/h3-6,11-12,14-15,22H,1-2,7-10H2/t14-,15+/m0/s1. The first kappa shape index (κ1) is 16.2. The number of likely N-dealkylation sites (tertiary alicyclic amines) is 1. The van der Waals surface area contributed by atoms with Crippen LogP contribution in [0.25, 0.3) is 0 Å². The van der Waals surface area contributed by atoms with Crippen LogP contribution in [0, 0.1) is 0 Å². The Labute approximate surface area is 140 Å². The van der Waals surface area contributed by atoms with Gasteiger partial charge in [0.2, 0.25) is 0 Å². The Morgan fingerprint density at radius 1 is 1.35 bits per heavy atom. The number of rotatable bonds is 7. The predicted octanol–water partition coefficient (Wildman–Crippen LogP) is 1.84. The van der Waals surface area contributed by atoms with Crippen molar-refractivity contribution in [2.75, 3.05) is 19.7 Å². The molecule has 1 N–H and O–H groups in total. The van der Waals surface area contributed by atoms with E-state index in [4.69, 9.17) is 16.3 Å². The number of aliphatic hydroxyl groups excluding tert-OH is 1. The summed E-state index contributed by atoms with van der Waals surface area (Å²) in [6.45, 7) is 2.68. The maximum Gasteiger partial charge on any atom is 0.137 e. The van der Waals surface area contributed by atoms with E-state index in [1.807, 2.05) is 4.68 Å². The van der Waals surface area contributed by atoms with Gasteiger partial charge in [-0.3, -0.25) is 9.58 Å². The fourth-order valence-corrected chi connectivity index (χ4v) is 3.06. The van der Waals surface area contributed by atoms with E-state index in [0.29, 0.717) is 23.4 Å². The summed E-state index contributed by atoms with van der Waals surface area (Å²) >= 11 is 5.84. The van der Waals surface area contributed by atoms with Gasteiger partial charge in [0.05, 0.1) is 6.54 Å². The maximum atomic E-state index is 10.2. The van der Waals surface area contributed by atoms with E-state index >= 15 is 0 Å². The molecule has 1 aliphatic rings. The van der Waals surface area contributed by atoms with Gasteiger partial charge in [0, 0.05) is 17.6 Å². The molecule has 1 aliphatic heterocycles. The van der Waals surface area contributed by atoms with Crippen LogP contribution >= 0.6 is 11.6 Å². The number of hydrogen-bond acceptors (Lipinski definition) is 5. The molecule has 1 fully saturated rings. The van der Waals surface area contributed by atoms with Gasteiger partial charge in [-0.25, -0.2) is 4.98 Å². The molecule has 2 atom stereocenters. The second-order valence-electron chi connectivity index (χ2n) is 5.83. The first-order chi connectivity index (χ1) is 11.2. The zero-order chi connectivity index (χ0) is 16.1. The molecule has 1 saturated heterocycles. The fourth-order valence-electron chi connectivity index (χ4n) is 2.93. The Morgan fingerprint density at radius 3 is 2.91 bits per heavy atom. The smallest absolute Gasteiger partial charge is 0.137 e. The van der Waals surface area contributed by atoms with E-state index in [1.165, 1.54) is 0 Å². The van der Waals surface area contributed by atoms with Crippen LogP contribution in [-0.2, 0) is 6.54 Å². The van der Waals surface area contributed by atoms with Gasteiger partial charge in [0.1, 0.15) is 31.1 Å². The molecule has 0 amide bonds. The molecule has 0 aliphatic carbocycles. The number of β-amino-alcohol motifs (C(OH)–C–C–N with tert-alkyl or cyclic N) is 1. The normalized spacial score (nSPS) is 19.8. The molecule has 2 heterocycles. The SMILES string of the molecule is O[C@@H](COc1ccc(Cl)cc1)CN1CCC[C@H]1Cn1cncn1. The summed E-state index contributed by atoms with van der Waals surface area (Å²) in [6, 6.07) is 7.55. The molecule has 3 rings (SSSR count). The fraction of sp³-hybridized carbons (Fsp3) is 0.500. The van der Waals surface area contributed by atoms with Crippen LogP contribution in [0.2, 0.25) is 5.02 Å². The van der Waals surface area contributed by atoms with E-state index in [0.717, 1.165) is 25.9 Å². The summed E-state index contributed by atoms with van der Waals surface area (Å²) in [5.74, 6) is 0.717. The Bertz CT molecular complexity index is 591. The highest BCUT2D eigenvalue weighted by molar-refractivity contribution is 6.30. The van der Waals surface area contributed by atoms with Crippen LogP contribution in [0.3, 0.4) is 0 Å². The highest BCUT2D eigenvalue weighted by Crippen LogP contribution is 2.19. The molecule has 0 spiro atoms. The molecule has 0 radical (unpaired) electrons. The van der Waals surface area contributed by atoms with Gasteiger partial charge in [-0.1, -0.05) is 11.6 Å². The lowest BCUT2D eigenvalue weighted by atomic mass is 10.2. The van der Waals surface area contributed by atoms with Gasteiger partial charge in [-0.15, -0.1) is 0 Å². The Kier molecular flexibility index (Phi) is 5.48. The summed E-state index contributed by atoms with van der Waals surface area (Å²) < 4.78 is 7.46. The number of hydrogen-bond donors (Lipinski definition) is 1. The van der Waals surface area contributed by atoms with Crippen LogP contribution in [0.1, 0.15) is 12.8 Å². The lowest BCUT2D eigenvalue weighted by molar-refractivity contribution is 0.0609. The van der Waals surface area contributed by atoms with Crippen LogP contribution in [-0.4, -0.2) is 56.6 Å². The van der Waals surface area contributed by atoms with Gasteiger partial charge in [0.15, 0.2) is 0 Å².